The zero-order valence-corrected chi connectivity index (χ0v) is 16.4. The number of rotatable bonds is 2. The molecule has 10 heteroatoms. The van der Waals surface area contributed by atoms with Crippen LogP contribution in [0.25, 0.3) is 11.4 Å². The molecule has 1 aliphatic rings. The summed E-state index contributed by atoms with van der Waals surface area (Å²) in [6.07, 6.45) is 5.95. The largest absolute Gasteiger partial charge is 0.493 e. The molecule has 0 amide bonds. The average molecular weight is 546 g/mol. The van der Waals surface area contributed by atoms with Gasteiger partial charge in [0.2, 0.25) is 0 Å². The Bertz CT molecular complexity index is 881. The van der Waals surface area contributed by atoms with E-state index in [9.17, 15) is 8.78 Å². The summed E-state index contributed by atoms with van der Waals surface area (Å²) in [5.41, 5.74) is 0.0359. The number of hydrogen-bond donors (Lipinski definition) is 0. The summed E-state index contributed by atoms with van der Waals surface area (Å²) in [5, 5.41) is 5.83. The van der Waals surface area contributed by atoms with Gasteiger partial charge in [-0.15, -0.1) is 18.8 Å². The van der Waals surface area contributed by atoms with Crippen molar-refractivity contribution >= 4 is 12.2 Å². The van der Waals surface area contributed by atoms with E-state index in [4.69, 9.17) is 0 Å². The third kappa shape index (κ3) is 5.57. The molecule has 0 bridgehead atoms. The number of halogens is 2. The van der Waals surface area contributed by atoms with Gasteiger partial charge in [0.25, 0.3) is 0 Å². The van der Waals surface area contributed by atoms with Crippen LogP contribution in [0.5, 0.6) is 0 Å². The molecule has 0 N–H and O–H groups in total. The second-order valence-electron chi connectivity index (χ2n) is 5.05. The molecule has 0 unspecified atom stereocenters. The Balaban J connectivity index is 0.000000189. The van der Waals surface area contributed by atoms with Crippen LogP contribution in [0.3, 0.4) is 0 Å². The summed E-state index contributed by atoms with van der Waals surface area (Å²) in [6.45, 7) is 1.86. The summed E-state index contributed by atoms with van der Waals surface area (Å²) in [5.74, 6) is -0.452. The second kappa shape index (κ2) is 9.75. The molecule has 2 aromatic heterocycles. The zero-order valence-electron chi connectivity index (χ0n) is 14.0. The van der Waals surface area contributed by atoms with Gasteiger partial charge in [0, 0.05) is 37.9 Å². The van der Waals surface area contributed by atoms with Crippen molar-refractivity contribution in [3.05, 3.63) is 73.6 Å². The van der Waals surface area contributed by atoms with Crippen molar-refractivity contribution in [2.75, 3.05) is 12.1 Å². The van der Waals surface area contributed by atoms with Crippen LogP contribution in [0.15, 0.2) is 54.3 Å². The fourth-order valence-corrected chi connectivity index (χ4v) is 1.96. The van der Waals surface area contributed by atoms with Crippen molar-refractivity contribution in [1.82, 2.24) is 24.8 Å². The Kier molecular flexibility index (Phi) is 7.39. The van der Waals surface area contributed by atoms with E-state index in [0.717, 1.165) is 18.0 Å². The first kappa shape index (κ1) is 20.5. The fraction of sp³-hybridized carbons (Fsp3) is 0.0588. The molecule has 1 radical (unpaired) electrons. The molecule has 4 rings (SSSR count). The first-order chi connectivity index (χ1) is 12.6. The maximum absolute atomic E-state index is 13.2. The van der Waals surface area contributed by atoms with Crippen molar-refractivity contribution in [2.45, 2.75) is 0 Å². The predicted molar refractivity (Wildman–Crippen MR) is 91.3 cm³/mol. The predicted octanol–water partition coefficient (Wildman–Crippen LogP) is 2.51. The molecule has 0 saturated heterocycles. The topological polar surface area (TPSA) is 70.4 Å². The van der Waals surface area contributed by atoms with E-state index in [1.807, 2.05) is 36.8 Å². The van der Waals surface area contributed by atoms with E-state index < -0.39 is 11.6 Å². The van der Waals surface area contributed by atoms with E-state index >= 15 is 0 Å². The Labute approximate surface area is 168 Å². The van der Waals surface area contributed by atoms with Gasteiger partial charge in [-0.05, 0) is 19.2 Å². The van der Waals surface area contributed by atoms with E-state index in [0.29, 0.717) is 0 Å². The second-order valence-corrected chi connectivity index (χ2v) is 5.05. The minimum atomic E-state index is -0.740. The molecule has 1 aromatic carbocycles. The minimum Gasteiger partial charge on any atom is -0.493 e. The first-order valence-corrected chi connectivity index (χ1v) is 7.44. The first-order valence-electron chi connectivity index (χ1n) is 7.44. The number of hydrazone groups is 1. The third-order valence-electron chi connectivity index (χ3n) is 3.11. The standard InChI is InChI=1S/C9H4F2N3.C8H9N4.Ir/c10-6-1-2-7(8(11)3-6)9-13-4-12-5-14-9;1-11-6-10-12(7-11)8-4-2-3-5-9-8;/h1,3-5H;2-7H,1H3;/q2*-1;. The van der Waals surface area contributed by atoms with Crippen molar-refractivity contribution < 1.29 is 28.9 Å². The molecule has 0 aliphatic carbocycles. The SMILES string of the molecule is CN1C=NN(c2ccccn2)[CH-]1.Fc1c[c-]c(-c2ncncn2)c(F)c1.[Ir]. The van der Waals surface area contributed by atoms with Crippen LogP contribution in [-0.4, -0.2) is 38.2 Å². The summed E-state index contributed by atoms with van der Waals surface area (Å²) >= 11 is 0. The van der Waals surface area contributed by atoms with Crippen LogP contribution in [0.1, 0.15) is 0 Å². The molecule has 0 fully saturated rings. The fourth-order valence-electron chi connectivity index (χ4n) is 1.96. The van der Waals surface area contributed by atoms with Gasteiger partial charge in [-0.1, -0.05) is 17.7 Å². The van der Waals surface area contributed by atoms with Crippen molar-refractivity contribution in [3.8, 4) is 11.4 Å². The van der Waals surface area contributed by atoms with Crippen LogP contribution in [0, 0.1) is 24.4 Å². The molecular formula is C17H13F2IrN7-2. The molecule has 141 valence electrons. The smallest absolute Gasteiger partial charge is 0.120 e. The molecule has 1 aliphatic heterocycles. The monoisotopic (exact) mass is 546 g/mol. The van der Waals surface area contributed by atoms with Crippen LogP contribution < -0.4 is 5.01 Å². The Morgan fingerprint density at radius 3 is 2.48 bits per heavy atom. The van der Waals surface area contributed by atoms with Crippen molar-refractivity contribution in [3.63, 3.8) is 0 Å². The van der Waals surface area contributed by atoms with Crippen LogP contribution >= 0.6 is 0 Å². The zero-order chi connectivity index (χ0) is 18.4. The quantitative estimate of drug-likeness (QED) is 0.461. The van der Waals surface area contributed by atoms with Gasteiger partial charge in [-0.3, -0.25) is 18.7 Å². The van der Waals surface area contributed by atoms with E-state index in [2.05, 4.69) is 31.1 Å². The maximum Gasteiger partial charge on any atom is 0.120 e. The Morgan fingerprint density at radius 2 is 1.89 bits per heavy atom. The van der Waals surface area contributed by atoms with Gasteiger partial charge in [0.15, 0.2) is 0 Å². The van der Waals surface area contributed by atoms with Gasteiger partial charge < -0.3 is 9.91 Å². The summed E-state index contributed by atoms with van der Waals surface area (Å²) in [4.78, 5) is 17.1. The number of nitrogens with zero attached hydrogens (tertiary/aromatic N) is 7. The minimum absolute atomic E-state index is 0. The number of hydrogen-bond acceptors (Lipinski definition) is 7. The van der Waals surface area contributed by atoms with E-state index in [1.54, 1.807) is 17.5 Å². The maximum atomic E-state index is 13.2. The molecule has 27 heavy (non-hydrogen) atoms. The van der Waals surface area contributed by atoms with Gasteiger partial charge >= 0.3 is 0 Å². The Morgan fingerprint density at radius 1 is 1.11 bits per heavy atom. The summed E-state index contributed by atoms with van der Waals surface area (Å²) in [6, 6.07) is 9.93. The summed E-state index contributed by atoms with van der Waals surface area (Å²) < 4.78 is 25.7. The average Bonchev–Trinajstić information content (AvgIpc) is 3.10. The molecule has 0 atom stereocenters. The van der Waals surface area contributed by atoms with Crippen molar-refractivity contribution in [2.24, 2.45) is 5.10 Å². The molecule has 3 heterocycles. The Hall–Kier alpha value is -2.84. The molecule has 0 saturated carbocycles. The van der Waals surface area contributed by atoms with Gasteiger partial charge in [-0.2, -0.15) is 5.10 Å². The number of pyridine rings is 1. The van der Waals surface area contributed by atoms with Crippen LogP contribution in [0.4, 0.5) is 14.6 Å². The van der Waals surface area contributed by atoms with Gasteiger partial charge in [-0.25, -0.2) is 9.97 Å². The molecule has 7 nitrogen and oxygen atoms in total. The van der Waals surface area contributed by atoms with E-state index in [1.165, 1.54) is 12.7 Å². The molecule has 0 spiro atoms. The van der Waals surface area contributed by atoms with Crippen molar-refractivity contribution in [1.29, 1.82) is 0 Å². The third-order valence-corrected chi connectivity index (χ3v) is 3.11. The molecule has 3 aromatic rings. The summed E-state index contributed by atoms with van der Waals surface area (Å²) in [7, 11) is 1.92. The van der Waals surface area contributed by atoms with Gasteiger partial charge in [0.05, 0.1) is 12.2 Å². The number of aromatic nitrogens is 4. The van der Waals surface area contributed by atoms with Gasteiger partial charge in [0.1, 0.15) is 18.5 Å². The molecular weight excluding hydrogens is 532 g/mol. The van der Waals surface area contributed by atoms with Crippen LogP contribution in [0.2, 0.25) is 0 Å². The number of benzene rings is 1. The van der Waals surface area contributed by atoms with Crippen LogP contribution in [-0.2, 0) is 20.1 Å². The normalized spacial score (nSPS) is 12.3. The number of anilines is 1. The van der Waals surface area contributed by atoms with E-state index in [-0.39, 0.29) is 31.5 Å².